The minimum atomic E-state index is -0.266. The molecule has 5 nitrogen and oxygen atoms in total. The van der Waals surface area contributed by atoms with Crippen molar-refractivity contribution in [2.45, 2.75) is 19.9 Å². The van der Waals surface area contributed by atoms with Gasteiger partial charge in [0.05, 0.1) is 12.8 Å². The first-order chi connectivity index (χ1) is 8.11. The van der Waals surface area contributed by atoms with E-state index < -0.39 is 0 Å². The Hall–Kier alpha value is -1.88. The second-order valence-electron chi connectivity index (χ2n) is 4.14. The zero-order valence-corrected chi connectivity index (χ0v) is 9.84. The molecular weight excluding hydrogens is 218 g/mol. The molecule has 0 bridgehead atoms. The number of hydrogen-bond acceptors (Lipinski definition) is 3. The average molecular weight is 233 g/mol. The molecule has 0 fully saturated rings. The van der Waals surface area contributed by atoms with Crippen molar-refractivity contribution in [1.82, 2.24) is 14.7 Å². The van der Waals surface area contributed by atoms with Crippen LogP contribution in [0.25, 0.3) is 5.65 Å². The molecule has 2 rings (SSSR count). The number of aliphatic hydroxyl groups excluding tert-OH is 1. The number of nitrogens with zero attached hydrogens (tertiary/aromatic N) is 2. The van der Waals surface area contributed by atoms with Gasteiger partial charge in [-0.15, -0.1) is 0 Å². The average Bonchev–Trinajstić information content (AvgIpc) is 2.71. The molecule has 2 N–H and O–H groups in total. The summed E-state index contributed by atoms with van der Waals surface area (Å²) in [6.45, 7) is 3.62. The van der Waals surface area contributed by atoms with Crippen LogP contribution in [0, 0.1) is 6.92 Å². The van der Waals surface area contributed by atoms with Gasteiger partial charge in [0.1, 0.15) is 11.3 Å². The van der Waals surface area contributed by atoms with E-state index in [4.69, 9.17) is 5.11 Å². The van der Waals surface area contributed by atoms with Crippen LogP contribution in [0.1, 0.15) is 23.0 Å². The molecule has 90 valence electrons. The van der Waals surface area contributed by atoms with E-state index in [2.05, 4.69) is 10.3 Å². The number of amides is 1. The number of carbonyl (C=O) groups is 1. The lowest BCUT2D eigenvalue weighted by atomic mass is 10.3. The maximum atomic E-state index is 11.9. The minimum Gasteiger partial charge on any atom is -0.394 e. The fraction of sp³-hybridized carbons (Fsp3) is 0.333. The summed E-state index contributed by atoms with van der Waals surface area (Å²) in [5.41, 5.74) is 2.26. The lowest BCUT2D eigenvalue weighted by molar-refractivity contribution is 0.0916. The Morgan fingerprint density at radius 2 is 2.35 bits per heavy atom. The summed E-state index contributed by atoms with van der Waals surface area (Å²) in [5.74, 6) is -0.232. The Balaban J connectivity index is 2.35. The first-order valence-electron chi connectivity index (χ1n) is 5.47. The molecular formula is C12H15N3O2. The second-order valence-corrected chi connectivity index (χ2v) is 4.14. The third-order valence-electron chi connectivity index (χ3n) is 2.54. The smallest absolute Gasteiger partial charge is 0.270 e. The molecule has 0 saturated carbocycles. The number of aromatic nitrogens is 2. The lowest BCUT2D eigenvalue weighted by Crippen LogP contribution is -2.35. The fourth-order valence-electron chi connectivity index (χ4n) is 1.60. The Labute approximate surface area is 99.1 Å². The summed E-state index contributed by atoms with van der Waals surface area (Å²) in [4.78, 5) is 16.1. The van der Waals surface area contributed by atoms with Gasteiger partial charge in [-0.05, 0) is 25.5 Å². The number of imidazole rings is 1. The highest BCUT2D eigenvalue weighted by atomic mass is 16.3. The molecule has 2 aromatic heterocycles. The Bertz CT molecular complexity index is 548. The summed E-state index contributed by atoms with van der Waals surface area (Å²) >= 11 is 0. The standard InChI is InChI=1S/C12H15N3O2/c1-8-3-4-11-13-5-10(15(11)6-8)12(17)14-9(2)7-16/h3-6,9,16H,7H2,1-2H3,(H,14,17)/t9-/m0/s1. The normalized spacial score (nSPS) is 12.6. The van der Waals surface area contributed by atoms with Gasteiger partial charge in [-0.25, -0.2) is 4.98 Å². The summed E-state index contributed by atoms with van der Waals surface area (Å²) in [6.07, 6.45) is 3.40. The predicted octanol–water partition coefficient (Wildman–Crippen LogP) is 0.753. The molecule has 2 heterocycles. The summed E-state index contributed by atoms with van der Waals surface area (Å²) in [6, 6.07) is 3.54. The van der Waals surface area contributed by atoms with E-state index >= 15 is 0 Å². The van der Waals surface area contributed by atoms with Crippen LogP contribution in [0.4, 0.5) is 0 Å². The van der Waals surface area contributed by atoms with Gasteiger partial charge in [0.15, 0.2) is 0 Å². The van der Waals surface area contributed by atoms with E-state index in [-0.39, 0.29) is 18.6 Å². The third-order valence-corrected chi connectivity index (χ3v) is 2.54. The quantitative estimate of drug-likeness (QED) is 0.822. The van der Waals surface area contributed by atoms with Gasteiger partial charge < -0.3 is 10.4 Å². The summed E-state index contributed by atoms with van der Waals surface area (Å²) < 4.78 is 1.74. The van der Waals surface area contributed by atoms with E-state index in [0.717, 1.165) is 11.2 Å². The van der Waals surface area contributed by atoms with E-state index in [1.807, 2.05) is 25.3 Å². The van der Waals surface area contributed by atoms with Gasteiger partial charge in [-0.1, -0.05) is 6.07 Å². The monoisotopic (exact) mass is 233 g/mol. The fourth-order valence-corrected chi connectivity index (χ4v) is 1.60. The van der Waals surface area contributed by atoms with Gasteiger partial charge >= 0.3 is 0 Å². The highest BCUT2D eigenvalue weighted by Crippen LogP contribution is 2.08. The van der Waals surface area contributed by atoms with Crippen LogP contribution in [0.2, 0.25) is 0 Å². The summed E-state index contributed by atoms with van der Waals surface area (Å²) in [5, 5.41) is 11.6. The highest BCUT2D eigenvalue weighted by Gasteiger charge is 2.13. The topological polar surface area (TPSA) is 66.6 Å². The van der Waals surface area contributed by atoms with Gasteiger partial charge in [0.2, 0.25) is 0 Å². The van der Waals surface area contributed by atoms with E-state index in [1.54, 1.807) is 11.3 Å². The SMILES string of the molecule is Cc1ccc2ncc(C(=O)N[C@@H](C)CO)n2c1. The first kappa shape index (κ1) is 11.6. The van der Waals surface area contributed by atoms with Crippen molar-refractivity contribution in [1.29, 1.82) is 0 Å². The predicted molar refractivity (Wildman–Crippen MR) is 63.9 cm³/mol. The first-order valence-corrected chi connectivity index (χ1v) is 5.47. The van der Waals surface area contributed by atoms with Crippen molar-refractivity contribution in [2.24, 2.45) is 0 Å². The zero-order valence-electron chi connectivity index (χ0n) is 9.84. The lowest BCUT2D eigenvalue weighted by Gasteiger charge is -2.10. The van der Waals surface area contributed by atoms with Crippen molar-refractivity contribution in [3.05, 3.63) is 35.8 Å². The molecule has 17 heavy (non-hydrogen) atoms. The Kier molecular flexibility index (Phi) is 3.10. The van der Waals surface area contributed by atoms with E-state index in [0.29, 0.717) is 5.69 Å². The van der Waals surface area contributed by atoms with E-state index in [9.17, 15) is 4.79 Å². The van der Waals surface area contributed by atoms with Crippen LogP contribution in [-0.4, -0.2) is 33.0 Å². The number of hydrogen-bond donors (Lipinski definition) is 2. The van der Waals surface area contributed by atoms with Crippen LogP contribution >= 0.6 is 0 Å². The highest BCUT2D eigenvalue weighted by molar-refractivity contribution is 5.93. The minimum absolute atomic E-state index is 0.0818. The molecule has 0 spiro atoms. The molecule has 0 unspecified atom stereocenters. The van der Waals surface area contributed by atoms with Crippen LogP contribution in [0.3, 0.4) is 0 Å². The zero-order chi connectivity index (χ0) is 12.4. The van der Waals surface area contributed by atoms with Crippen LogP contribution in [0.5, 0.6) is 0 Å². The van der Waals surface area contributed by atoms with Crippen molar-refractivity contribution in [3.8, 4) is 0 Å². The van der Waals surface area contributed by atoms with Crippen molar-refractivity contribution < 1.29 is 9.90 Å². The maximum absolute atomic E-state index is 11.9. The number of fused-ring (bicyclic) bond motifs is 1. The molecule has 5 heteroatoms. The molecule has 0 radical (unpaired) electrons. The second kappa shape index (κ2) is 4.55. The van der Waals surface area contributed by atoms with Crippen molar-refractivity contribution >= 4 is 11.6 Å². The maximum Gasteiger partial charge on any atom is 0.270 e. The van der Waals surface area contributed by atoms with Gasteiger partial charge in [-0.2, -0.15) is 0 Å². The molecule has 1 amide bonds. The number of pyridine rings is 1. The molecule has 0 saturated heterocycles. The number of aliphatic hydroxyl groups is 1. The number of nitrogens with one attached hydrogen (secondary N) is 1. The van der Waals surface area contributed by atoms with Gasteiger partial charge in [0, 0.05) is 12.2 Å². The Morgan fingerprint density at radius 1 is 1.59 bits per heavy atom. The molecule has 0 aromatic carbocycles. The molecule has 0 aliphatic carbocycles. The molecule has 0 aliphatic rings. The Morgan fingerprint density at radius 3 is 3.06 bits per heavy atom. The van der Waals surface area contributed by atoms with E-state index in [1.165, 1.54) is 6.20 Å². The van der Waals surface area contributed by atoms with Crippen LogP contribution < -0.4 is 5.32 Å². The van der Waals surface area contributed by atoms with Gasteiger partial charge in [-0.3, -0.25) is 9.20 Å². The van der Waals surface area contributed by atoms with Crippen molar-refractivity contribution in [3.63, 3.8) is 0 Å². The molecule has 0 aliphatic heterocycles. The molecule has 1 atom stereocenters. The van der Waals surface area contributed by atoms with Gasteiger partial charge in [0.25, 0.3) is 5.91 Å². The number of rotatable bonds is 3. The summed E-state index contributed by atoms with van der Waals surface area (Å²) in [7, 11) is 0. The van der Waals surface area contributed by atoms with Crippen LogP contribution in [0.15, 0.2) is 24.5 Å². The third kappa shape index (κ3) is 2.29. The number of carbonyl (C=O) groups excluding carboxylic acids is 1. The molecule has 2 aromatic rings. The van der Waals surface area contributed by atoms with Crippen LogP contribution in [-0.2, 0) is 0 Å². The number of aryl methyl sites for hydroxylation is 1. The largest absolute Gasteiger partial charge is 0.394 e. The van der Waals surface area contributed by atoms with Crippen molar-refractivity contribution in [2.75, 3.05) is 6.61 Å².